The highest BCUT2D eigenvalue weighted by molar-refractivity contribution is 7.09. The zero-order chi connectivity index (χ0) is 15.5. The maximum absolute atomic E-state index is 12.6. The molecule has 1 aliphatic heterocycles. The van der Waals surface area contributed by atoms with Gasteiger partial charge in [-0.3, -0.25) is 4.79 Å². The molecule has 0 saturated carbocycles. The molecule has 0 radical (unpaired) electrons. The van der Waals surface area contributed by atoms with Crippen LogP contribution in [0.1, 0.15) is 46.2 Å². The number of hydrogen-bond donors (Lipinski definition) is 0. The van der Waals surface area contributed by atoms with Crippen LogP contribution in [-0.4, -0.2) is 28.9 Å². The summed E-state index contributed by atoms with van der Waals surface area (Å²) in [4.78, 5) is 18.9. The summed E-state index contributed by atoms with van der Waals surface area (Å²) in [6.07, 6.45) is 3.31. The number of halogens is 1. The van der Waals surface area contributed by atoms with Gasteiger partial charge in [0.15, 0.2) is 0 Å². The average molecular weight is 335 g/mol. The van der Waals surface area contributed by atoms with E-state index in [1.807, 2.05) is 29.3 Å². The number of likely N-dealkylation sites (tertiary alicyclic amines) is 1. The van der Waals surface area contributed by atoms with Crippen LogP contribution in [0.3, 0.4) is 0 Å². The molecule has 0 unspecified atom stereocenters. The van der Waals surface area contributed by atoms with Gasteiger partial charge in [-0.2, -0.15) is 0 Å². The third-order valence-corrected chi connectivity index (χ3v) is 5.16. The molecular weight excluding hydrogens is 316 g/mol. The normalized spacial score (nSPS) is 19.0. The summed E-state index contributed by atoms with van der Waals surface area (Å²) in [6, 6.07) is 8.01. The summed E-state index contributed by atoms with van der Waals surface area (Å²) in [5, 5.41) is 3.55. The summed E-state index contributed by atoms with van der Waals surface area (Å²) in [5.74, 6) is 0.439. The Morgan fingerprint density at radius 3 is 2.77 bits per heavy atom. The van der Waals surface area contributed by atoms with Gasteiger partial charge in [-0.25, -0.2) is 4.98 Å². The molecule has 3 nitrogen and oxygen atoms in total. The third kappa shape index (κ3) is 3.50. The zero-order valence-corrected chi connectivity index (χ0v) is 14.2. The van der Waals surface area contributed by atoms with Crippen LogP contribution in [0, 0.1) is 6.92 Å². The van der Waals surface area contributed by atoms with Gasteiger partial charge in [0.25, 0.3) is 5.91 Å². The van der Waals surface area contributed by atoms with Crippen molar-refractivity contribution in [2.45, 2.75) is 32.1 Å². The number of hydrogen-bond acceptors (Lipinski definition) is 3. The Morgan fingerprint density at radius 1 is 1.32 bits per heavy atom. The van der Waals surface area contributed by atoms with Crippen LogP contribution in [-0.2, 0) is 0 Å². The van der Waals surface area contributed by atoms with E-state index in [1.54, 1.807) is 0 Å². The van der Waals surface area contributed by atoms with Crippen molar-refractivity contribution in [1.82, 2.24) is 9.88 Å². The van der Waals surface area contributed by atoms with Crippen LogP contribution >= 0.6 is 22.9 Å². The molecule has 0 N–H and O–H groups in total. The second kappa shape index (κ2) is 6.80. The second-order valence-corrected chi connectivity index (χ2v) is 7.25. The van der Waals surface area contributed by atoms with E-state index in [0.717, 1.165) is 42.4 Å². The van der Waals surface area contributed by atoms with E-state index < -0.39 is 0 Å². The molecule has 1 aliphatic rings. The molecule has 0 bridgehead atoms. The minimum absolute atomic E-state index is 0.0604. The molecule has 2 aromatic rings. The first-order chi connectivity index (χ1) is 10.6. The minimum Gasteiger partial charge on any atom is -0.337 e. The molecule has 1 fully saturated rings. The average Bonchev–Trinajstić information content (AvgIpc) is 2.81. The van der Waals surface area contributed by atoms with Crippen LogP contribution in [0.5, 0.6) is 0 Å². The predicted octanol–water partition coefficient (Wildman–Crippen LogP) is 4.51. The van der Waals surface area contributed by atoms with Crippen molar-refractivity contribution in [2.75, 3.05) is 13.1 Å². The van der Waals surface area contributed by atoms with E-state index in [4.69, 9.17) is 11.6 Å². The second-order valence-electron chi connectivity index (χ2n) is 5.75. The van der Waals surface area contributed by atoms with E-state index in [-0.39, 0.29) is 5.91 Å². The van der Waals surface area contributed by atoms with Crippen LogP contribution in [0.2, 0.25) is 5.02 Å². The number of thiazole rings is 1. The van der Waals surface area contributed by atoms with Gasteiger partial charge in [0.1, 0.15) is 5.69 Å². The Hall–Kier alpha value is -1.39. The summed E-state index contributed by atoms with van der Waals surface area (Å²) >= 11 is 7.50. The minimum atomic E-state index is 0.0604. The first kappa shape index (κ1) is 15.5. The standard InChI is InChI=1S/C17H19ClN2OS/c1-12-19-16(11-22-12)17(21)20-9-3-2-4-14(10-20)13-5-7-15(18)8-6-13/h5-8,11,14H,2-4,9-10H2,1H3/t14-/m0/s1. The number of amides is 1. The number of aryl methyl sites for hydroxylation is 1. The lowest BCUT2D eigenvalue weighted by molar-refractivity contribution is 0.0749. The molecule has 3 rings (SSSR count). The highest BCUT2D eigenvalue weighted by Crippen LogP contribution is 2.28. The van der Waals surface area contributed by atoms with E-state index in [9.17, 15) is 4.79 Å². The summed E-state index contributed by atoms with van der Waals surface area (Å²) in [6.45, 7) is 3.51. The van der Waals surface area contributed by atoms with Gasteiger partial charge in [-0.05, 0) is 37.5 Å². The Balaban J connectivity index is 1.77. The van der Waals surface area contributed by atoms with Crippen LogP contribution in [0.15, 0.2) is 29.6 Å². The Morgan fingerprint density at radius 2 is 2.09 bits per heavy atom. The van der Waals surface area contributed by atoms with Crippen molar-refractivity contribution in [3.63, 3.8) is 0 Å². The van der Waals surface area contributed by atoms with Crippen LogP contribution < -0.4 is 0 Å². The van der Waals surface area contributed by atoms with Crippen molar-refractivity contribution in [1.29, 1.82) is 0 Å². The molecule has 5 heteroatoms. The van der Waals surface area contributed by atoms with Gasteiger partial charge in [0, 0.05) is 29.4 Å². The van der Waals surface area contributed by atoms with Crippen molar-refractivity contribution in [2.24, 2.45) is 0 Å². The van der Waals surface area contributed by atoms with Gasteiger partial charge < -0.3 is 4.90 Å². The number of benzene rings is 1. The number of carbonyl (C=O) groups excluding carboxylic acids is 1. The first-order valence-electron chi connectivity index (χ1n) is 7.60. The summed E-state index contributed by atoms with van der Waals surface area (Å²) in [5.41, 5.74) is 1.85. The fraction of sp³-hybridized carbons (Fsp3) is 0.412. The van der Waals surface area contributed by atoms with Gasteiger partial charge in [-0.15, -0.1) is 11.3 Å². The lowest BCUT2D eigenvalue weighted by atomic mass is 9.94. The topological polar surface area (TPSA) is 33.2 Å². The van der Waals surface area contributed by atoms with Crippen molar-refractivity contribution < 1.29 is 4.79 Å². The van der Waals surface area contributed by atoms with Gasteiger partial charge in [0.2, 0.25) is 0 Å². The number of aromatic nitrogens is 1. The highest BCUT2D eigenvalue weighted by Gasteiger charge is 2.25. The largest absolute Gasteiger partial charge is 0.337 e. The SMILES string of the molecule is Cc1nc(C(=O)N2CCCC[C@H](c3ccc(Cl)cc3)C2)cs1. The molecular formula is C17H19ClN2OS. The molecule has 1 atom stereocenters. The first-order valence-corrected chi connectivity index (χ1v) is 8.86. The fourth-order valence-corrected chi connectivity index (χ4v) is 3.67. The van der Waals surface area contributed by atoms with Crippen molar-refractivity contribution in [3.05, 3.63) is 50.9 Å². The van der Waals surface area contributed by atoms with Gasteiger partial charge >= 0.3 is 0 Å². The lowest BCUT2D eigenvalue weighted by Crippen LogP contribution is -2.34. The fourth-order valence-electron chi connectivity index (χ4n) is 2.96. The number of nitrogens with zero attached hydrogens (tertiary/aromatic N) is 2. The lowest BCUT2D eigenvalue weighted by Gasteiger charge is -2.24. The molecule has 0 aliphatic carbocycles. The molecule has 0 spiro atoms. The zero-order valence-electron chi connectivity index (χ0n) is 12.6. The third-order valence-electron chi connectivity index (χ3n) is 4.14. The predicted molar refractivity (Wildman–Crippen MR) is 90.8 cm³/mol. The quantitative estimate of drug-likeness (QED) is 0.809. The molecule has 116 valence electrons. The van der Waals surface area contributed by atoms with E-state index in [0.29, 0.717) is 11.6 Å². The van der Waals surface area contributed by atoms with Gasteiger partial charge in [-0.1, -0.05) is 30.2 Å². The Labute approximate surface area is 139 Å². The van der Waals surface area contributed by atoms with Crippen molar-refractivity contribution >= 4 is 28.8 Å². The van der Waals surface area contributed by atoms with Crippen LogP contribution in [0.25, 0.3) is 0 Å². The smallest absolute Gasteiger partial charge is 0.273 e. The van der Waals surface area contributed by atoms with Gasteiger partial charge in [0.05, 0.1) is 5.01 Å². The maximum Gasteiger partial charge on any atom is 0.273 e. The summed E-state index contributed by atoms with van der Waals surface area (Å²) in [7, 11) is 0. The highest BCUT2D eigenvalue weighted by atomic mass is 35.5. The molecule has 1 saturated heterocycles. The Kier molecular flexibility index (Phi) is 4.79. The molecule has 1 aromatic carbocycles. The van der Waals surface area contributed by atoms with E-state index in [1.165, 1.54) is 16.9 Å². The monoisotopic (exact) mass is 334 g/mol. The van der Waals surface area contributed by atoms with Crippen molar-refractivity contribution in [3.8, 4) is 0 Å². The Bertz CT molecular complexity index is 653. The maximum atomic E-state index is 12.6. The molecule has 22 heavy (non-hydrogen) atoms. The summed E-state index contributed by atoms with van der Waals surface area (Å²) < 4.78 is 0. The molecule has 1 aromatic heterocycles. The van der Waals surface area contributed by atoms with Crippen LogP contribution in [0.4, 0.5) is 0 Å². The molecule has 1 amide bonds. The number of rotatable bonds is 2. The van der Waals surface area contributed by atoms with E-state index >= 15 is 0 Å². The number of carbonyl (C=O) groups is 1. The van der Waals surface area contributed by atoms with E-state index in [2.05, 4.69) is 17.1 Å². The molecule has 2 heterocycles.